The zero-order chi connectivity index (χ0) is 17.7. The van der Waals surface area contributed by atoms with Crippen molar-refractivity contribution in [3.8, 4) is 11.5 Å². The Morgan fingerprint density at radius 3 is 2.58 bits per heavy atom. The molecule has 0 aromatic heterocycles. The van der Waals surface area contributed by atoms with E-state index in [0.29, 0.717) is 22.7 Å². The molecule has 0 radical (unpaired) electrons. The van der Waals surface area contributed by atoms with Crippen LogP contribution >= 0.6 is 11.6 Å². The quantitative estimate of drug-likeness (QED) is 0.636. The minimum atomic E-state index is -0.607. The molecular formula is C16H15ClN2O5. The van der Waals surface area contributed by atoms with Crippen LogP contribution in [0.25, 0.3) is 0 Å². The fourth-order valence-corrected chi connectivity index (χ4v) is 2.29. The molecule has 7 nitrogen and oxygen atoms in total. The highest BCUT2D eigenvalue weighted by atomic mass is 35.5. The fourth-order valence-electron chi connectivity index (χ4n) is 2.11. The van der Waals surface area contributed by atoms with Crippen LogP contribution in [0.4, 0.5) is 11.4 Å². The molecule has 2 aromatic rings. The van der Waals surface area contributed by atoms with Gasteiger partial charge >= 0.3 is 0 Å². The molecule has 0 saturated heterocycles. The second-order valence-electron chi connectivity index (χ2n) is 4.83. The first kappa shape index (κ1) is 17.6. The Hall–Kier alpha value is -2.80. The molecule has 8 heteroatoms. The number of nitro benzene ring substituents is 1. The van der Waals surface area contributed by atoms with Gasteiger partial charge < -0.3 is 14.8 Å². The van der Waals surface area contributed by atoms with Gasteiger partial charge in [0.05, 0.1) is 25.6 Å². The van der Waals surface area contributed by atoms with E-state index < -0.39 is 4.92 Å². The van der Waals surface area contributed by atoms with Gasteiger partial charge in [-0.2, -0.15) is 0 Å². The smallest absolute Gasteiger partial charge is 0.289 e. The van der Waals surface area contributed by atoms with E-state index in [2.05, 4.69) is 5.32 Å². The predicted molar refractivity (Wildman–Crippen MR) is 90.0 cm³/mol. The topological polar surface area (TPSA) is 90.7 Å². The number of ether oxygens (including phenoxy) is 2. The van der Waals surface area contributed by atoms with Crippen molar-refractivity contribution >= 4 is 28.9 Å². The van der Waals surface area contributed by atoms with Crippen molar-refractivity contribution in [3.05, 3.63) is 57.1 Å². The van der Waals surface area contributed by atoms with Gasteiger partial charge in [0.1, 0.15) is 16.5 Å². The van der Waals surface area contributed by atoms with E-state index in [1.165, 1.54) is 32.4 Å². The number of hydrogen-bond donors (Lipinski definition) is 1. The molecule has 0 fully saturated rings. The fraction of sp³-hybridized carbons (Fsp3) is 0.188. The third kappa shape index (κ3) is 4.14. The molecule has 0 aliphatic rings. The molecule has 1 amide bonds. The maximum absolute atomic E-state index is 12.2. The number of carbonyl (C=O) groups is 1. The summed E-state index contributed by atoms with van der Waals surface area (Å²) < 4.78 is 10.3. The number of halogens is 1. The first-order valence-corrected chi connectivity index (χ1v) is 7.27. The number of carbonyl (C=O) groups excluding carboxylic acids is 1. The molecule has 0 spiro atoms. The van der Waals surface area contributed by atoms with E-state index in [-0.39, 0.29) is 23.0 Å². The molecule has 2 rings (SSSR count). The first-order chi connectivity index (χ1) is 11.4. The monoisotopic (exact) mass is 350 g/mol. The standard InChI is InChI=1S/C16H15ClN2O5/c1-23-12-5-3-10(15(9-12)24-2)7-16(20)18-11-4-6-13(17)14(8-11)19(21)22/h3-6,8-9H,7H2,1-2H3,(H,18,20). The van der Waals surface area contributed by atoms with Crippen LogP contribution in [0.15, 0.2) is 36.4 Å². The molecule has 0 saturated carbocycles. The molecule has 24 heavy (non-hydrogen) atoms. The second-order valence-corrected chi connectivity index (χ2v) is 5.23. The minimum absolute atomic E-state index is 0.00910. The highest BCUT2D eigenvalue weighted by Crippen LogP contribution is 2.28. The minimum Gasteiger partial charge on any atom is -0.497 e. The lowest BCUT2D eigenvalue weighted by Gasteiger charge is -2.11. The Bertz CT molecular complexity index is 779. The maximum Gasteiger partial charge on any atom is 0.289 e. The molecule has 0 atom stereocenters. The van der Waals surface area contributed by atoms with Gasteiger partial charge in [0.15, 0.2) is 0 Å². The number of nitrogens with zero attached hydrogens (tertiary/aromatic N) is 1. The molecule has 0 aliphatic heterocycles. The molecule has 1 N–H and O–H groups in total. The summed E-state index contributed by atoms with van der Waals surface area (Å²) in [5, 5.41) is 13.5. The third-order valence-electron chi connectivity index (χ3n) is 3.27. The van der Waals surface area contributed by atoms with Crippen molar-refractivity contribution in [2.24, 2.45) is 0 Å². The number of methoxy groups -OCH3 is 2. The Labute approximate surface area is 143 Å². The molecule has 126 valence electrons. The molecule has 0 aliphatic carbocycles. The van der Waals surface area contributed by atoms with Gasteiger partial charge in [-0.05, 0) is 18.2 Å². The molecule has 0 heterocycles. The first-order valence-electron chi connectivity index (χ1n) is 6.89. The summed E-state index contributed by atoms with van der Waals surface area (Å²) in [6.45, 7) is 0. The molecule has 2 aromatic carbocycles. The number of anilines is 1. The number of amides is 1. The average Bonchev–Trinajstić information content (AvgIpc) is 2.56. The Morgan fingerprint density at radius 2 is 1.96 bits per heavy atom. The van der Waals surface area contributed by atoms with Crippen molar-refractivity contribution in [2.75, 3.05) is 19.5 Å². The Morgan fingerprint density at radius 1 is 1.21 bits per heavy atom. The van der Waals surface area contributed by atoms with E-state index in [4.69, 9.17) is 21.1 Å². The van der Waals surface area contributed by atoms with E-state index >= 15 is 0 Å². The maximum atomic E-state index is 12.2. The van der Waals surface area contributed by atoms with Crippen LogP contribution in [0, 0.1) is 10.1 Å². The number of benzene rings is 2. The third-order valence-corrected chi connectivity index (χ3v) is 3.59. The van der Waals surface area contributed by atoms with Crippen LogP contribution in [-0.2, 0) is 11.2 Å². The largest absolute Gasteiger partial charge is 0.497 e. The van der Waals surface area contributed by atoms with Crippen molar-refractivity contribution < 1.29 is 19.2 Å². The van der Waals surface area contributed by atoms with Crippen LogP contribution in [0.1, 0.15) is 5.56 Å². The lowest BCUT2D eigenvalue weighted by atomic mass is 10.1. The van der Waals surface area contributed by atoms with Crippen LogP contribution in [0.2, 0.25) is 5.02 Å². The highest BCUT2D eigenvalue weighted by Gasteiger charge is 2.15. The second kappa shape index (κ2) is 7.65. The number of nitrogens with one attached hydrogen (secondary N) is 1. The SMILES string of the molecule is COc1ccc(CC(=O)Nc2ccc(Cl)c([N+](=O)[O-])c2)c(OC)c1. The van der Waals surface area contributed by atoms with Gasteiger partial charge in [-0.15, -0.1) is 0 Å². The average molecular weight is 351 g/mol. The van der Waals surface area contributed by atoms with Crippen LogP contribution in [-0.4, -0.2) is 25.1 Å². The number of hydrogen-bond acceptors (Lipinski definition) is 5. The summed E-state index contributed by atoms with van der Waals surface area (Å²) in [5.41, 5.74) is 0.694. The van der Waals surface area contributed by atoms with Crippen molar-refractivity contribution in [2.45, 2.75) is 6.42 Å². The normalized spacial score (nSPS) is 10.1. The molecule has 0 bridgehead atoms. The highest BCUT2D eigenvalue weighted by molar-refractivity contribution is 6.32. The summed E-state index contributed by atoms with van der Waals surface area (Å²) >= 11 is 5.74. The van der Waals surface area contributed by atoms with Gasteiger partial charge in [0.2, 0.25) is 5.91 Å². The summed E-state index contributed by atoms with van der Waals surface area (Å²) in [6.07, 6.45) is 0.0452. The lowest BCUT2D eigenvalue weighted by molar-refractivity contribution is -0.384. The van der Waals surface area contributed by atoms with E-state index in [1.807, 2.05) is 0 Å². The van der Waals surface area contributed by atoms with Gasteiger partial charge in [-0.1, -0.05) is 17.7 Å². The van der Waals surface area contributed by atoms with Crippen LogP contribution < -0.4 is 14.8 Å². The Balaban J connectivity index is 2.14. The van der Waals surface area contributed by atoms with Crippen LogP contribution in [0.5, 0.6) is 11.5 Å². The summed E-state index contributed by atoms with van der Waals surface area (Å²) in [4.78, 5) is 22.4. The molecular weight excluding hydrogens is 336 g/mol. The van der Waals surface area contributed by atoms with E-state index in [0.717, 1.165) is 0 Å². The van der Waals surface area contributed by atoms with Crippen molar-refractivity contribution in [3.63, 3.8) is 0 Å². The number of rotatable bonds is 6. The van der Waals surface area contributed by atoms with Crippen molar-refractivity contribution in [1.29, 1.82) is 0 Å². The number of nitro groups is 1. The van der Waals surface area contributed by atoms with E-state index in [9.17, 15) is 14.9 Å². The zero-order valence-corrected chi connectivity index (χ0v) is 13.8. The predicted octanol–water partition coefficient (Wildman–Crippen LogP) is 3.45. The summed E-state index contributed by atoms with van der Waals surface area (Å²) in [7, 11) is 3.04. The Kier molecular flexibility index (Phi) is 5.59. The van der Waals surface area contributed by atoms with Gasteiger partial charge in [-0.25, -0.2) is 0 Å². The van der Waals surface area contributed by atoms with Crippen molar-refractivity contribution in [1.82, 2.24) is 0 Å². The summed E-state index contributed by atoms with van der Waals surface area (Å²) in [6, 6.07) is 9.20. The van der Waals surface area contributed by atoms with Gasteiger partial charge in [0.25, 0.3) is 5.69 Å². The van der Waals surface area contributed by atoms with E-state index in [1.54, 1.807) is 18.2 Å². The van der Waals surface area contributed by atoms with Gasteiger partial charge in [0, 0.05) is 23.4 Å². The van der Waals surface area contributed by atoms with Crippen LogP contribution in [0.3, 0.4) is 0 Å². The van der Waals surface area contributed by atoms with Gasteiger partial charge in [-0.3, -0.25) is 14.9 Å². The lowest BCUT2D eigenvalue weighted by Crippen LogP contribution is -2.15. The zero-order valence-electron chi connectivity index (χ0n) is 13.0. The molecule has 0 unspecified atom stereocenters. The summed E-state index contributed by atoms with van der Waals surface area (Å²) in [5.74, 6) is 0.797.